The van der Waals surface area contributed by atoms with Crippen molar-refractivity contribution in [2.45, 2.75) is 45.4 Å². The molecule has 1 fully saturated rings. The molecule has 21 heavy (non-hydrogen) atoms. The predicted octanol–water partition coefficient (Wildman–Crippen LogP) is 0.854. The third-order valence-corrected chi connectivity index (χ3v) is 4.07. The summed E-state index contributed by atoms with van der Waals surface area (Å²) in [5, 5.41) is 17.7. The first kappa shape index (κ1) is 16.4. The Hall–Kier alpha value is -0.950. The first-order chi connectivity index (χ1) is 10.0. The molecule has 1 aromatic heterocycles. The molecule has 2 rings (SSSR count). The zero-order valence-electron chi connectivity index (χ0n) is 13.4. The van der Waals surface area contributed by atoms with Crippen molar-refractivity contribution < 1.29 is 14.6 Å². The Labute approximate surface area is 126 Å². The van der Waals surface area contributed by atoms with Crippen LogP contribution in [0.4, 0.5) is 0 Å². The highest BCUT2D eigenvalue weighted by molar-refractivity contribution is 5.29. The maximum Gasteiger partial charge on any atom is 0.101 e. The molecule has 1 aromatic rings. The highest BCUT2D eigenvalue weighted by Crippen LogP contribution is 2.33. The predicted molar refractivity (Wildman–Crippen MR) is 80.3 cm³/mol. The molecule has 1 aliphatic rings. The van der Waals surface area contributed by atoms with Crippen LogP contribution in [0.1, 0.15) is 36.4 Å². The normalized spacial score (nSPS) is 23.7. The van der Waals surface area contributed by atoms with Crippen molar-refractivity contribution in [3.63, 3.8) is 0 Å². The van der Waals surface area contributed by atoms with E-state index in [1.165, 1.54) is 5.56 Å². The minimum atomic E-state index is -0.484. The SMILES string of the molecule is CCOCC(O)CN[C@H]1CCO[C@@H]1c1c(C)nn(C)c1C. The molecule has 0 spiro atoms. The van der Waals surface area contributed by atoms with Crippen molar-refractivity contribution in [1.29, 1.82) is 0 Å². The summed E-state index contributed by atoms with van der Waals surface area (Å²) >= 11 is 0. The molecule has 0 radical (unpaired) electrons. The van der Waals surface area contributed by atoms with Crippen LogP contribution in [0, 0.1) is 13.8 Å². The number of rotatable bonds is 7. The van der Waals surface area contributed by atoms with Crippen LogP contribution in [0.2, 0.25) is 0 Å². The summed E-state index contributed by atoms with van der Waals surface area (Å²) in [4.78, 5) is 0. The summed E-state index contributed by atoms with van der Waals surface area (Å²) in [7, 11) is 1.95. The lowest BCUT2D eigenvalue weighted by Crippen LogP contribution is -2.39. The Morgan fingerprint density at radius 2 is 2.29 bits per heavy atom. The lowest BCUT2D eigenvalue weighted by Gasteiger charge is -2.22. The number of nitrogens with zero attached hydrogens (tertiary/aromatic N) is 2. The second kappa shape index (κ2) is 7.35. The lowest BCUT2D eigenvalue weighted by molar-refractivity contribution is 0.0380. The molecule has 6 heteroatoms. The molecule has 1 unspecified atom stereocenters. The molecular weight excluding hydrogens is 270 g/mol. The van der Waals surface area contributed by atoms with Crippen LogP contribution >= 0.6 is 0 Å². The van der Waals surface area contributed by atoms with E-state index in [2.05, 4.69) is 17.3 Å². The Bertz CT molecular complexity index is 461. The molecule has 2 N–H and O–H groups in total. The van der Waals surface area contributed by atoms with E-state index >= 15 is 0 Å². The number of hydrogen-bond acceptors (Lipinski definition) is 5. The van der Waals surface area contributed by atoms with Crippen molar-refractivity contribution in [1.82, 2.24) is 15.1 Å². The van der Waals surface area contributed by atoms with Crippen LogP contribution in [-0.4, -0.2) is 53.4 Å². The summed E-state index contributed by atoms with van der Waals surface area (Å²) in [5.41, 5.74) is 3.33. The monoisotopic (exact) mass is 297 g/mol. The average Bonchev–Trinajstić information content (AvgIpc) is 2.99. The zero-order chi connectivity index (χ0) is 15.4. The third-order valence-electron chi connectivity index (χ3n) is 4.07. The van der Waals surface area contributed by atoms with Crippen molar-refractivity contribution in [3.05, 3.63) is 17.0 Å². The summed E-state index contributed by atoms with van der Waals surface area (Å²) in [5.74, 6) is 0. The van der Waals surface area contributed by atoms with Gasteiger partial charge in [0.15, 0.2) is 0 Å². The third kappa shape index (κ3) is 3.83. The Morgan fingerprint density at radius 1 is 1.52 bits per heavy atom. The van der Waals surface area contributed by atoms with Gasteiger partial charge in [0, 0.05) is 44.1 Å². The van der Waals surface area contributed by atoms with Gasteiger partial charge in [-0.25, -0.2) is 0 Å². The maximum atomic E-state index is 9.87. The van der Waals surface area contributed by atoms with Gasteiger partial charge >= 0.3 is 0 Å². The van der Waals surface area contributed by atoms with E-state index in [1.807, 2.05) is 25.6 Å². The van der Waals surface area contributed by atoms with Crippen LogP contribution in [-0.2, 0) is 16.5 Å². The fourth-order valence-electron chi connectivity index (χ4n) is 2.89. The van der Waals surface area contributed by atoms with Gasteiger partial charge in [0.1, 0.15) is 6.10 Å². The zero-order valence-corrected chi connectivity index (χ0v) is 13.4. The van der Waals surface area contributed by atoms with Crippen molar-refractivity contribution in [3.8, 4) is 0 Å². The largest absolute Gasteiger partial charge is 0.389 e. The first-order valence-corrected chi connectivity index (χ1v) is 7.65. The molecule has 2 heterocycles. The van der Waals surface area contributed by atoms with Crippen molar-refractivity contribution in [2.75, 3.05) is 26.4 Å². The van der Waals surface area contributed by atoms with Gasteiger partial charge in [-0.3, -0.25) is 4.68 Å². The Kier molecular flexibility index (Phi) is 5.75. The second-order valence-corrected chi connectivity index (χ2v) is 5.62. The molecule has 0 aliphatic carbocycles. The van der Waals surface area contributed by atoms with Crippen LogP contribution in [0.5, 0.6) is 0 Å². The van der Waals surface area contributed by atoms with Crippen molar-refractivity contribution >= 4 is 0 Å². The van der Waals surface area contributed by atoms with Crippen molar-refractivity contribution in [2.24, 2.45) is 7.05 Å². The van der Waals surface area contributed by atoms with E-state index in [9.17, 15) is 5.11 Å². The van der Waals surface area contributed by atoms with Crippen LogP contribution in [0.3, 0.4) is 0 Å². The standard InChI is InChI=1S/C15H27N3O3/c1-5-20-9-12(19)8-16-13-6-7-21-15(13)14-10(2)17-18(4)11(14)3/h12-13,15-16,19H,5-9H2,1-4H3/t12?,13-,15-/m0/s1. The molecule has 120 valence electrons. The van der Waals surface area contributed by atoms with Gasteiger partial charge in [-0.2, -0.15) is 5.10 Å². The van der Waals surface area contributed by atoms with Crippen LogP contribution in [0.25, 0.3) is 0 Å². The number of aliphatic hydroxyl groups is 1. The van der Waals surface area contributed by atoms with Gasteiger partial charge in [-0.05, 0) is 27.2 Å². The first-order valence-electron chi connectivity index (χ1n) is 7.65. The average molecular weight is 297 g/mol. The lowest BCUT2D eigenvalue weighted by atomic mass is 10.00. The molecule has 0 aromatic carbocycles. The second-order valence-electron chi connectivity index (χ2n) is 5.62. The number of ether oxygens (including phenoxy) is 2. The van der Waals surface area contributed by atoms with Gasteiger partial charge in [0.05, 0.1) is 18.4 Å². The Morgan fingerprint density at radius 3 is 2.90 bits per heavy atom. The van der Waals surface area contributed by atoms with Gasteiger partial charge in [0.2, 0.25) is 0 Å². The number of hydrogen-bond donors (Lipinski definition) is 2. The fourth-order valence-corrected chi connectivity index (χ4v) is 2.89. The molecule has 0 saturated carbocycles. The molecule has 1 aliphatic heterocycles. The van der Waals surface area contributed by atoms with E-state index in [4.69, 9.17) is 9.47 Å². The van der Waals surface area contributed by atoms with E-state index < -0.39 is 6.10 Å². The summed E-state index contributed by atoms with van der Waals surface area (Å²) in [6.07, 6.45) is 0.472. The molecule has 6 nitrogen and oxygen atoms in total. The molecule has 0 amide bonds. The molecule has 1 saturated heterocycles. The van der Waals surface area contributed by atoms with Gasteiger partial charge < -0.3 is 19.9 Å². The fraction of sp³-hybridized carbons (Fsp3) is 0.800. The van der Waals surface area contributed by atoms with Crippen LogP contribution in [0.15, 0.2) is 0 Å². The van der Waals surface area contributed by atoms with E-state index in [0.717, 1.165) is 24.4 Å². The van der Waals surface area contributed by atoms with E-state index in [-0.39, 0.29) is 12.1 Å². The number of aromatic nitrogens is 2. The summed E-state index contributed by atoms with van der Waals surface area (Å²) in [6.45, 7) is 8.26. The van der Waals surface area contributed by atoms with Gasteiger partial charge in [0.25, 0.3) is 0 Å². The number of nitrogens with one attached hydrogen (secondary N) is 1. The quantitative estimate of drug-likeness (QED) is 0.781. The molecular formula is C15H27N3O3. The Balaban J connectivity index is 1.97. The minimum absolute atomic E-state index is 0.0120. The summed E-state index contributed by atoms with van der Waals surface area (Å²) in [6, 6.07) is 0.211. The van der Waals surface area contributed by atoms with Gasteiger partial charge in [-0.15, -0.1) is 0 Å². The number of aryl methyl sites for hydroxylation is 2. The molecule has 0 bridgehead atoms. The van der Waals surface area contributed by atoms with Gasteiger partial charge in [-0.1, -0.05) is 0 Å². The van der Waals surface area contributed by atoms with E-state index in [1.54, 1.807) is 0 Å². The summed E-state index contributed by atoms with van der Waals surface area (Å²) < 4.78 is 13.0. The number of aliphatic hydroxyl groups excluding tert-OH is 1. The minimum Gasteiger partial charge on any atom is -0.389 e. The van der Waals surface area contributed by atoms with E-state index in [0.29, 0.717) is 19.8 Å². The highest BCUT2D eigenvalue weighted by Gasteiger charge is 2.33. The van der Waals surface area contributed by atoms with Crippen LogP contribution < -0.4 is 5.32 Å². The highest BCUT2D eigenvalue weighted by atomic mass is 16.5. The topological polar surface area (TPSA) is 68.5 Å². The molecule has 3 atom stereocenters. The smallest absolute Gasteiger partial charge is 0.101 e. The maximum absolute atomic E-state index is 9.87.